The summed E-state index contributed by atoms with van der Waals surface area (Å²) < 4.78 is 0. The molecule has 5 heteroatoms. The summed E-state index contributed by atoms with van der Waals surface area (Å²) in [7, 11) is 0. The molecule has 2 aromatic carbocycles. The summed E-state index contributed by atoms with van der Waals surface area (Å²) in [5.74, 6) is 0.362. The van der Waals surface area contributed by atoms with Gasteiger partial charge in [0.15, 0.2) is 5.11 Å². The highest BCUT2D eigenvalue weighted by molar-refractivity contribution is 7.80. The lowest BCUT2D eigenvalue weighted by Crippen LogP contribution is -2.24. The van der Waals surface area contributed by atoms with Crippen molar-refractivity contribution in [3.8, 4) is 5.75 Å². The molecule has 27 heavy (non-hydrogen) atoms. The molecule has 0 spiro atoms. The number of nitrogens with one attached hydrogen (secondary N) is 2. The lowest BCUT2D eigenvalue weighted by molar-refractivity contribution is 0.423. The van der Waals surface area contributed by atoms with Crippen molar-refractivity contribution in [3.05, 3.63) is 59.2 Å². The predicted molar refractivity (Wildman–Crippen MR) is 119 cm³/mol. The van der Waals surface area contributed by atoms with Crippen LogP contribution in [0, 0.1) is 0 Å². The van der Waals surface area contributed by atoms with Gasteiger partial charge >= 0.3 is 0 Å². The standard InChI is InChI=1S/C22H29N3OS/c1-21(2,3)17-12-15(13-18(19(17)26)22(4,5)6)14-23-25-20(27)24-16-10-8-7-9-11-16/h7-14,26H,1-6H3,(H2,24,25,27). The van der Waals surface area contributed by atoms with Gasteiger partial charge in [0.2, 0.25) is 0 Å². The number of rotatable bonds is 3. The summed E-state index contributed by atoms with van der Waals surface area (Å²) in [5.41, 5.74) is 6.11. The van der Waals surface area contributed by atoms with Gasteiger partial charge in [-0.15, -0.1) is 0 Å². The third-order valence-electron chi connectivity index (χ3n) is 4.16. The first kappa shape index (κ1) is 20.9. The monoisotopic (exact) mass is 383 g/mol. The third-order valence-corrected chi connectivity index (χ3v) is 4.35. The lowest BCUT2D eigenvalue weighted by atomic mass is 9.78. The maximum absolute atomic E-state index is 10.8. The Bertz CT molecular complexity index is 796. The van der Waals surface area contributed by atoms with E-state index in [0.29, 0.717) is 10.9 Å². The molecular formula is C22H29N3OS. The number of para-hydroxylation sites is 1. The van der Waals surface area contributed by atoms with Crippen LogP contribution in [0.5, 0.6) is 5.75 Å². The van der Waals surface area contributed by atoms with Crippen LogP contribution in [0.1, 0.15) is 58.2 Å². The molecule has 0 amide bonds. The second-order valence-electron chi connectivity index (χ2n) is 8.65. The van der Waals surface area contributed by atoms with Gasteiger partial charge in [0.25, 0.3) is 0 Å². The molecule has 0 radical (unpaired) electrons. The van der Waals surface area contributed by atoms with Crippen LogP contribution in [0.15, 0.2) is 47.6 Å². The summed E-state index contributed by atoms with van der Waals surface area (Å²) in [4.78, 5) is 0. The van der Waals surface area contributed by atoms with E-state index in [0.717, 1.165) is 22.4 Å². The fourth-order valence-corrected chi connectivity index (χ4v) is 2.89. The topological polar surface area (TPSA) is 56.7 Å². The van der Waals surface area contributed by atoms with Gasteiger partial charge in [0.05, 0.1) is 6.21 Å². The van der Waals surface area contributed by atoms with Crippen molar-refractivity contribution in [2.45, 2.75) is 52.4 Å². The van der Waals surface area contributed by atoms with Crippen LogP contribution in [-0.2, 0) is 10.8 Å². The van der Waals surface area contributed by atoms with E-state index in [1.54, 1.807) is 6.21 Å². The van der Waals surface area contributed by atoms with Crippen molar-refractivity contribution in [3.63, 3.8) is 0 Å². The number of nitrogens with zero attached hydrogens (tertiary/aromatic N) is 1. The molecule has 0 saturated heterocycles. The highest BCUT2D eigenvalue weighted by Crippen LogP contribution is 2.39. The molecule has 2 rings (SSSR count). The molecule has 0 fully saturated rings. The van der Waals surface area contributed by atoms with Crippen molar-refractivity contribution in [1.82, 2.24) is 5.43 Å². The Labute approximate surface area is 167 Å². The van der Waals surface area contributed by atoms with Crippen molar-refractivity contribution >= 4 is 29.2 Å². The average Bonchev–Trinajstić information content (AvgIpc) is 2.55. The quantitative estimate of drug-likeness (QED) is 0.382. The van der Waals surface area contributed by atoms with Gasteiger partial charge < -0.3 is 10.4 Å². The molecule has 0 aromatic heterocycles. The zero-order chi connectivity index (χ0) is 20.2. The maximum atomic E-state index is 10.8. The average molecular weight is 384 g/mol. The SMILES string of the molecule is CC(C)(C)c1cc(C=NNC(=S)Nc2ccccc2)cc(C(C)(C)C)c1O. The van der Waals surface area contributed by atoms with E-state index in [-0.39, 0.29) is 10.8 Å². The highest BCUT2D eigenvalue weighted by atomic mass is 32.1. The van der Waals surface area contributed by atoms with Crippen LogP contribution in [-0.4, -0.2) is 16.4 Å². The molecule has 0 aliphatic heterocycles. The van der Waals surface area contributed by atoms with E-state index >= 15 is 0 Å². The Hall–Kier alpha value is -2.40. The van der Waals surface area contributed by atoms with E-state index in [9.17, 15) is 5.11 Å². The number of phenols is 1. The first-order valence-electron chi connectivity index (χ1n) is 9.01. The van der Waals surface area contributed by atoms with Crippen LogP contribution < -0.4 is 10.7 Å². The third kappa shape index (κ3) is 5.79. The first-order chi connectivity index (χ1) is 12.5. The molecular weight excluding hydrogens is 354 g/mol. The zero-order valence-electron chi connectivity index (χ0n) is 16.9. The second-order valence-corrected chi connectivity index (χ2v) is 9.06. The molecule has 144 valence electrons. The number of hydrogen-bond donors (Lipinski definition) is 3. The minimum atomic E-state index is -0.175. The first-order valence-corrected chi connectivity index (χ1v) is 9.42. The van der Waals surface area contributed by atoms with Crippen molar-refractivity contribution < 1.29 is 5.11 Å². The van der Waals surface area contributed by atoms with Crippen molar-refractivity contribution in [2.24, 2.45) is 5.10 Å². The fourth-order valence-electron chi connectivity index (χ4n) is 2.72. The van der Waals surface area contributed by atoms with E-state index in [4.69, 9.17) is 12.2 Å². The molecule has 0 bridgehead atoms. The molecule has 4 nitrogen and oxygen atoms in total. The summed E-state index contributed by atoms with van der Waals surface area (Å²) in [6, 6.07) is 13.6. The Morgan fingerprint density at radius 2 is 1.48 bits per heavy atom. The van der Waals surface area contributed by atoms with Crippen LogP contribution in [0.3, 0.4) is 0 Å². The smallest absolute Gasteiger partial charge is 0.191 e. The Balaban J connectivity index is 2.22. The van der Waals surface area contributed by atoms with Crippen LogP contribution in [0.2, 0.25) is 0 Å². The molecule has 0 atom stereocenters. The van der Waals surface area contributed by atoms with Gasteiger partial charge in [-0.1, -0.05) is 59.7 Å². The number of phenolic OH excluding ortho intramolecular Hbond substituents is 1. The minimum absolute atomic E-state index is 0.175. The molecule has 0 saturated carbocycles. The van der Waals surface area contributed by atoms with Gasteiger partial charge in [-0.25, -0.2) is 0 Å². The number of anilines is 1. The van der Waals surface area contributed by atoms with E-state index in [1.807, 2.05) is 42.5 Å². The van der Waals surface area contributed by atoms with Crippen LogP contribution in [0.4, 0.5) is 5.69 Å². The van der Waals surface area contributed by atoms with E-state index in [1.165, 1.54) is 0 Å². The largest absolute Gasteiger partial charge is 0.507 e. The van der Waals surface area contributed by atoms with Crippen LogP contribution in [0.25, 0.3) is 0 Å². The lowest BCUT2D eigenvalue weighted by Gasteiger charge is -2.27. The molecule has 0 aliphatic carbocycles. The molecule has 3 N–H and O–H groups in total. The number of aromatic hydroxyl groups is 1. The highest BCUT2D eigenvalue weighted by Gasteiger charge is 2.26. The van der Waals surface area contributed by atoms with Crippen molar-refractivity contribution in [2.75, 3.05) is 5.32 Å². The Morgan fingerprint density at radius 3 is 1.96 bits per heavy atom. The summed E-state index contributed by atoms with van der Waals surface area (Å²) in [6.45, 7) is 12.5. The number of hydrogen-bond acceptors (Lipinski definition) is 3. The van der Waals surface area contributed by atoms with Crippen LogP contribution >= 0.6 is 12.2 Å². The van der Waals surface area contributed by atoms with Crippen molar-refractivity contribution in [1.29, 1.82) is 0 Å². The Morgan fingerprint density at radius 1 is 0.963 bits per heavy atom. The minimum Gasteiger partial charge on any atom is -0.507 e. The normalized spacial score (nSPS) is 12.2. The van der Waals surface area contributed by atoms with Gasteiger partial charge in [0, 0.05) is 16.8 Å². The van der Waals surface area contributed by atoms with Gasteiger partial charge in [-0.05, 0) is 52.9 Å². The van der Waals surface area contributed by atoms with E-state index in [2.05, 4.69) is 57.4 Å². The number of benzene rings is 2. The van der Waals surface area contributed by atoms with Gasteiger partial charge in [0.1, 0.15) is 5.75 Å². The fraction of sp³-hybridized carbons (Fsp3) is 0.364. The molecule has 0 unspecified atom stereocenters. The maximum Gasteiger partial charge on any atom is 0.191 e. The number of thiocarbonyl (C=S) groups is 1. The predicted octanol–water partition coefficient (Wildman–Crippen LogP) is 5.31. The van der Waals surface area contributed by atoms with Gasteiger partial charge in [-0.2, -0.15) is 5.10 Å². The summed E-state index contributed by atoms with van der Waals surface area (Å²) in [6.07, 6.45) is 1.73. The summed E-state index contributed by atoms with van der Waals surface area (Å²) in [5, 5.41) is 18.5. The van der Waals surface area contributed by atoms with Gasteiger partial charge in [-0.3, -0.25) is 5.43 Å². The molecule has 2 aromatic rings. The zero-order valence-corrected chi connectivity index (χ0v) is 17.7. The molecule has 0 aliphatic rings. The Kier molecular flexibility index (Phi) is 6.26. The van der Waals surface area contributed by atoms with E-state index < -0.39 is 0 Å². The second kappa shape index (κ2) is 8.09. The number of hydrazone groups is 1. The summed E-state index contributed by atoms with van der Waals surface area (Å²) >= 11 is 5.27. The molecule has 0 heterocycles.